The standard InChI is InChI=1S/C38H32NO.C15H16N.Ir/c1-23-19-25(21-38(3,4)5)13-17-28(23)33-20-34(39-22-24(33)2)32-12-8-11-30-31-18-16-27-15-14-26-9-6-7-10-29(26)35(27)37(31)40-36(30)32;1-15(2,3)13-8-6-7-12(11-13)14-9-4-5-10-16-14;/h6-11,13-20,22H,21H2,1-5H3;4-6,8-11H,1-3H3;/q2*-1;/i1D3,2D3,17D,21D2;;. The van der Waals surface area contributed by atoms with Crippen molar-refractivity contribution in [1.82, 2.24) is 9.97 Å². The number of pyridine rings is 2. The first kappa shape index (κ1) is 29.8. The second-order valence-electron chi connectivity index (χ2n) is 16.1. The molecule has 3 nitrogen and oxygen atoms in total. The fourth-order valence-electron chi connectivity index (χ4n) is 7.10. The van der Waals surface area contributed by atoms with Gasteiger partial charge < -0.3 is 14.4 Å². The number of hydrogen-bond acceptors (Lipinski definition) is 3. The van der Waals surface area contributed by atoms with Crippen LogP contribution in [0.1, 0.15) is 76.1 Å². The van der Waals surface area contributed by atoms with Crippen LogP contribution in [-0.4, -0.2) is 9.97 Å². The Hall–Kier alpha value is -5.41. The first-order valence-corrected chi connectivity index (χ1v) is 18.7. The van der Waals surface area contributed by atoms with Gasteiger partial charge in [0.2, 0.25) is 0 Å². The van der Waals surface area contributed by atoms with Crippen molar-refractivity contribution in [2.45, 2.75) is 67.0 Å². The average molecular weight is 930 g/mol. The predicted octanol–water partition coefficient (Wildman–Crippen LogP) is 14.5. The maximum absolute atomic E-state index is 9.03. The number of benzene rings is 6. The summed E-state index contributed by atoms with van der Waals surface area (Å²) >= 11 is 0. The normalized spacial score (nSPS) is 14.8. The van der Waals surface area contributed by atoms with Crippen LogP contribution in [-0.2, 0) is 31.9 Å². The van der Waals surface area contributed by atoms with Crippen LogP contribution in [0.3, 0.4) is 0 Å². The van der Waals surface area contributed by atoms with Crippen molar-refractivity contribution in [2.24, 2.45) is 5.41 Å². The van der Waals surface area contributed by atoms with Gasteiger partial charge in [-0.25, -0.2) is 0 Å². The maximum atomic E-state index is 9.03. The van der Waals surface area contributed by atoms with Crippen LogP contribution < -0.4 is 0 Å². The molecule has 57 heavy (non-hydrogen) atoms. The molecule has 9 aromatic rings. The third kappa shape index (κ3) is 8.21. The van der Waals surface area contributed by atoms with Crippen molar-refractivity contribution in [3.63, 3.8) is 0 Å². The van der Waals surface area contributed by atoms with Crippen molar-refractivity contribution in [1.29, 1.82) is 0 Å². The molecule has 0 amide bonds. The zero-order valence-electron chi connectivity index (χ0n) is 41.8. The minimum Gasteiger partial charge on any atom is -0.500 e. The summed E-state index contributed by atoms with van der Waals surface area (Å²) in [6.45, 7) is 6.23. The topological polar surface area (TPSA) is 38.9 Å². The average Bonchev–Trinajstić information content (AvgIpc) is 3.64. The number of nitrogens with zero attached hydrogens (tertiary/aromatic N) is 2. The molecule has 0 aliphatic carbocycles. The molecular formula is C53H48IrN2O-2. The third-order valence-electron chi connectivity index (χ3n) is 9.80. The molecule has 0 aliphatic rings. The molecule has 3 aromatic heterocycles. The predicted molar refractivity (Wildman–Crippen MR) is 236 cm³/mol. The van der Waals surface area contributed by atoms with E-state index in [0.717, 1.165) is 43.6 Å². The molecule has 287 valence electrons. The summed E-state index contributed by atoms with van der Waals surface area (Å²) in [6, 6.07) is 42.3. The zero-order valence-corrected chi connectivity index (χ0v) is 35.2. The van der Waals surface area contributed by atoms with Gasteiger partial charge in [-0.2, -0.15) is 0 Å². The minimum atomic E-state index is -2.79. The van der Waals surface area contributed by atoms with Crippen LogP contribution in [0.25, 0.3) is 77.1 Å². The summed E-state index contributed by atoms with van der Waals surface area (Å²) in [4.78, 5) is 8.87. The second kappa shape index (κ2) is 15.9. The molecule has 0 atom stereocenters. The molecular weight excluding hydrogens is 873 g/mol. The Labute approximate surface area is 363 Å². The smallest absolute Gasteiger partial charge is 0.129 e. The van der Waals surface area contributed by atoms with E-state index in [9.17, 15) is 0 Å². The molecule has 4 heteroatoms. The molecule has 0 bridgehead atoms. The Bertz CT molecular complexity index is 3250. The summed E-state index contributed by atoms with van der Waals surface area (Å²) < 4.78 is 83.4. The van der Waals surface area contributed by atoms with E-state index in [2.05, 4.69) is 79.3 Å². The van der Waals surface area contributed by atoms with Crippen LogP contribution in [0.5, 0.6) is 0 Å². The number of fused-ring (bicyclic) bond motifs is 7. The number of rotatable bonds is 4. The summed E-state index contributed by atoms with van der Waals surface area (Å²) in [7, 11) is 0. The van der Waals surface area contributed by atoms with Gasteiger partial charge in [0.15, 0.2) is 0 Å². The molecule has 0 saturated carbocycles. The molecule has 3 heterocycles. The van der Waals surface area contributed by atoms with Gasteiger partial charge in [-0.1, -0.05) is 137 Å². The summed E-state index contributed by atoms with van der Waals surface area (Å²) in [5.74, 6) is 0. The molecule has 9 rings (SSSR count). The Morgan fingerprint density at radius 1 is 0.684 bits per heavy atom. The summed E-state index contributed by atoms with van der Waals surface area (Å²) in [5, 5.41) is 5.77. The molecule has 6 aromatic carbocycles. The third-order valence-corrected chi connectivity index (χ3v) is 9.80. The first-order valence-electron chi connectivity index (χ1n) is 23.2. The van der Waals surface area contributed by atoms with E-state index in [1.165, 1.54) is 30.0 Å². The maximum Gasteiger partial charge on any atom is 0.129 e. The fourth-order valence-corrected chi connectivity index (χ4v) is 7.10. The van der Waals surface area contributed by atoms with Gasteiger partial charge in [-0.3, -0.25) is 0 Å². The van der Waals surface area contributed by atoms with Crippen molar-refractivity contribution < 1.29 is 36.9 Å². The summed E-state index contributed by atoms with van der Waals surface area (Å²) in [6.07, 6.45) is 1.02. The van der Waals surface area contributed by atoms with Crippen LogP contribution >= 0.6 is 0 Å². The Morgan fingerprint density at radius 2 is 1.44 bits per heavy atom. The summed E-state index contributed by atoms with van der Waals surface area (Å²) in [5.41, 5.74) is 3.89. The van der Waals surface area contributed by atoms with Gasteiger partial charge >= 0.3 is 0 Å². The Morgan fingerprint density at radius 3 is 2.21 bits per heavy atom. The SMILES string of the molecule is CC(C)(C)c1cc[c-]c(-c2ccccn2)c1.[2H]c1cc(C([2H])([2H])C(C)(C)C)cc(C([2H])([2H])[2H])c1-c1cc(-c2[c-]ccc3c2oc2c3ccc3ccc4ccccc4c32)ncc1C([2H])([2H])[2H].[Ir]. The zero-order chi connectivity index (χ0) is 46.9. The molecule has 0 spiro atoms. The number of furan rings is 1. The van der Waals surface area contributed by atoms with Crippen LogP contribution in [0.2, 0.25) is 0 Å². The van der Waals surface area contributed by atoms with E-state index in [-0.39, 0.29) is 65.1 Å². The first-order chi connectivity index (χ1) is 30.4. The van der Waals surface area contributed by atoms with E-state index in [1.54, 1.807) is 26.8 Å². The van der Waals surface area contributed by atoms with Crippen LogP contribution in [0, 0.1) is 31.3 Å². The fraction of sp³-hybridized carbons (Fsp3) is 0.208. The number of hydrogen-bond donors (Lipinski definition) is 0. The molecule has 0 fully saturated rings. The van der Waals surface area contributed by atoms with Crippen molar-refractivity contribution >= 4 is 43.5 Å². The van der Waals surface area contributed by atoms with Gasteiger partial charge in [0.1, 0.15) is 5.58 Å². The minimum absolute atomic E-state index is 0. The van der Waals surface area contributed by atoms with E-state index in [1.807, 2.05) is 60.8 Å². The monoisotopic (exact) mass is 930 g/mol. The Kier molecular flexibility index (Phi) is 8.28. The van der Waals surface area contributed by atoms with E-state index in [0.29, 0.717) is 16.7 Å². The molecule has 0 N–H and O–H groups in total. The van der Waals surface area contributed by atoms with Crippen molar-refractivity contribution in [3.8, 4) is 33.6 Å². The van der Waals surface area contributed by atoms with E-state index < -0.39 is 25.5 Å². The molecule has 0 saturated heterocycles. The van der Waals surface area contributed by atoms with Crippen LogP contribution in [0.4, 0.5) is 0 Å². The molecule has 0 aliphatic heterocycles. The molecule has 0 unspecified atom stereocenters. The van der Waals surface area contributed by atoms with Crippen molar-refractivity contribution in [2.75, 3.05) is 0 Å². The van der Waals surface area contributed by atoms with E-state index in [4.69, 9.17) is 16.8 Å². The number of aromatic nitrogens is 2. The van der Waals surface area contributed by atoms with Gasteiger partial charge in [-0.05, 0) is 92.3 Å². The van der Waals surface area contributed by atoms with Gasteiger partial charge in [0.25, 0.3) is 0 Å². The van der Waals surface area contributed by atoms with Crippen LogP contribution in [0.15, 0.2) is 138 Å². The van der Waals surface area contributed by atoms with Gasteiger partial charge in [-0.15, -0.1) is 53.6 Å². The second-order valence-corrected chi connectivity index (χ2v) is 16.1. The van der Waals surface area contributed by atoms with E-state index >= 15 is 0 Å². The quantitative estimate of drug-likeness (QED) is 0.130. The largest absolute Gasteiger partial charge is 0.500 e. The van der Waals surface area contributed by atoms with Gasteiger partial charge in [0, 0.05) is 54.2 Å². The number of aryl methyl sites for hydroxylation is 2. The van der Waals surface area contributed by atoms with Gasteiger partial charge in [0.05, 0.1) is 6.95 Å². The van der Waals surface area contributed by atoms with Crippen molar-refractivity contribution in [3.05, 3.63) is 168 Å². The molecule has 1 radical (unpaired) electrons. The Balaban J connectivity index is 0.000000322.